The summed E-state index contributed by atoms with van der Waals surface area (Å²) in [4.78, 5) is 15.0. The number of anilines is 1. The van der Waals surface area contributed by atoms with Gasteiger partial charge in [-0.1, -0.05) is 48.5 Å². The molecule has 3 aromatic carbocycles. The number of morpholine rings is 1. The Morgan fingerprint density at radius 3 is 2.00 bits per heavy atom. The summed E-state index contributed by atoms with van der Waals surface area (Å²) in [5, 5.41) is 0. The summed E-state index contributed by atoms with van der Waals surface area (Å²) in [5.74, 6) is -0.0796. The number of ether oxygens (including phenoxy) is 1. The van der Waals surface area contributed by atoms with Gasteiger partial charge in [0.05, 0.1) is 29.3 Å². The van der Waals surface area contributed by atoms with Crippen molar-refractivity contribution >= 4 is 21.6 Å². The van der Waals surface area contributed by atoms with Gasteiger partial charge in [0.25, 0.3) is 15.9 Å². The highest BCUT2D eigenvalue weighted by atomic mass is 32.2. The van der Waals surface area contributed by atoms with Gasteiger partial charge in [-0.05, 0) is 55.8 Å². The molecular weight excluding hydrogens is 436 g/mol. The average molecular weight is 465 g/mol. The lowest BCUT2D eigenvalue weighted by Gasteiger charge is -2.35. The third kappa shape index (κ3) is 5.26. The summed E-state index contributed by atoms with van der Waals surface area (Å²) in [7, 11) is -3.80. The number of hydrogen-bond acceptors (Lipinski definition) is 4. The SMILES string of the molecule is CC1CN(C(=O)c2ccc(N(Cc3ccccc3)S(=O)(=O)c3ccccc3)cc2)CC(C)O1. The lowest BCUT2D eigenvalue weighted by atomic mass is 10.1. The number of rotatable bonds is 6. The number of carbonyl (C=O) groups is 1. The van der Waals surface area contributed by atoms with E-state index in [-0.39, 0.29) is 29.6 Å². The highest BCUT2D eigenvalue weighted by Gasteiger charge is 2.28. The Balaban J connectivity index is 1.64. The second-order valence-electron chi connectivity index (χ2n) is 8.32. The van der Waals surface area contributed by atoms with Crippen LogP contribution in [-0.4, -0.2) is 44.5 Å². The summed E-state index contributed by atoms with van der Waals surface area (Å²) < 4.78 is 34.1. The molecule has 4 rings (SSSR count). The molecule has 0 bridgehead atoms. The van der Waals surface area contributed by atoms with Crippen LogP contribution in [0.1, 0.15) is 29.8 Å². The molecular formula is C26H28N2O4S. The minimum absolute atomic E-state index is 0.0191. The van der Waals surface area contributed by atoms with Crippen molar-refractivity contribution in [3.05, 3.63) is 96.1 Å². The second-order valence-corrected chi connectivity index (χ2v) is 10.2. The number of amides is 1. The van der Waals surface area contributed by atoms with Crippen LogP contribution in [0, 0.1) is 0 Å². The van der Waals surface area contributed by atoms with Gasteiger partial charge in [-0.25, -0.2) is 8.42 Å². The third-order valence-electron chi connectivity index (χ3n) is 5.61. The van der Waals surface area contributed by atoms with Gasteiger partial charge in [-0.15, -0.1) is 0 Å². The first-order chi connectivity index (χ1) is 15.8. The standard InChI is InChI=1S/C26H28N2O4S/c1-20-17-27(18-21(2)32-20)26(29)23-13-15-24(16-14-23)28(19-22-9-5-3-6-10-22)33(30,31)25-11-7-4-8-12-25/h3-16,20-21H,17-19H2,1-2H3. The highest BCUT2D eigenvalue weighted by molar-refractivity contribution is 7.92. The molecule has 0 radical (unpaired) electrons. The maximum Gasteiger partial charge on any atom is 0.264 e. The molecule has 2 unspecified atom stereocenters. The van der Waals surface area contributed by atoms with Crippen LogP contribution in [0.25, 0.3) is 0 Å². The fourth-order valence-corrected chi connectivity index (χ4v) is 5.55. The Hall–Kier alpha value is -3.16. The smallest absolute Gasteiger partial charge is 0.264 e. The molecule has 2 atom stereocenters. The van der Waals surface area contributed by atoms with E-state index in [1.807, 2.05) is 44.2 Å². The molecule has 33 heavy (non-hydrogen) atoms. The van der Waals surface area contributed by atoms with E-state index < -0.39 is 10.0 Å². The summed E-state index contributed by atoms with van der Waals surface area (Å²) in [5.41, 5.74) is 1.90. The van der Waals surface area contributed by atoms with Crippen LogP contribution in [0.4, 0.5) is 5.69 Å². The van der Waals surface area contributed by atoms with Crippen molar-refractivity contribution in [2.24, 2.45) is 0 Å². The summed E-state index contributed by atoms with van der Waals surface area (Å²) in [6.45, 7) is 5.16. The molecule has 172 valence electrons. The van der Waals surface area contributed by atoms with E-state index in [0.717, 1.165) is 5.56 Å². The molecule has 0 aromatic heterocycles. The van der Waals surface area contributed by atoms with Crippen molar-refractivity contribution in [1.82, 2.24) is 4.90 Å². The van der Waals surface area contributed by atoms with Gasteiger partial charge >= 0.3 is 0 Å². The Bertz CT molecular complexity index is 1170. The monoisotopic (exact) mass is 464 g/mol. The Labute approximate surface area is 195 Å². The molecule has 0 spiro atoms. The van der Waals surface area contributed by atoms with Crippen molar-refractivity contribution in [2.45, 2.75) is 37.5 Å². The molecule has 6 nitrogen and oxygen atoms in total. The molecule has 7 heteroatoms. The molecule has 1 fully saturated rings. The van der Waals surface area contributed by atoms with Crippen LogP contribution in [0.15, 0.2) is 89.8 Å². The quantitative estimate of drug-likeness (QED) is 0.545. The van der Waals surface area contributed by atoms with Crippen LogP contribution >= 0.6 is 0 Å². The predicted molar refractivity (Wildman–Crippen MR) is 129 cm³/mol. The highest BCUT2D eigenvalue weighted by Crippen LogP contribution is 2.27. The molecule has 1 saturated heterocycles. The molecule has 1 aliphatic rings. The second kappa shape index (κ2) is 9.77. The zero-order chi connectivity index (χ0) is 23.4. The van der Waals surface area contributed by atoms with E-state index in [2.05, 4.69) is 0 Å². The first-order valence-electron chi connectivity index (χ1n) is 11.0. The molecule has 0 aliphatic carbocycles. The normalized spacial score (nSPS) is 18.7. The van der Waals surface area contributed by atoms with E-state index in [0.29, 0.717) is 24.3 Å². The number of hydrogen-bond donors (Lipinski definition) is 0. The van der Waals surface area contributed by atoms with Gasteiger partial charge in [0.1, 0.15) is 0 Å². The lowest BCUT2D eigenvalue weighted by Crippen LogP contribution is -2.48. The Morgan fingerprint density at radius 1 is 0.879 bits per heavy atom. The van der Waals surface area contributed by atoms with Gasteiger partial charge in [-0.3, -0.25) is 9.10 Å². The van der Waals surface area contributed by atoms with Gasteiger partial charge < -0.3 is 9.64 Å². The molecule has 1 heterocycles. The first-order valence-corrected chi connectivity index (χ1v) is 12.4. The maximum absolute atomic E-state index is 13.5. The number of sulfonamides is 1. The average Bonchev–Trinajstić information content (AvgIpc) is 2.83. The van der Waals surface area contributed by atoms with Crippen LogP contribution in [0.2, 0.25) is 0 Å². The van der Waals surface area contributed by atoms with Crippen LogP contribution < -0.4 is 4.31 Å². The van der Waals surface area contributed by atoms with E-state index in [9.17, 15) is 13.2 Å². The van der Waals surface area contributed by atoms with E-state index in [1.165, 1.54) is 4.31 Å². The van der Waals surface area contributed by atoms with Crippen LogP contribution in [-0.2, 0) is 21.3 Å². The van der Waals surface area contributed by atoms with Crippen molar-refractivity contribution in [3.8, 4) is 0 Å². The zero-order valence-corrected chi connectivity index (χ0v) is 19.6. The van der Waals surface area contributed by atoms with Crippen molar-refractivity contribution in [2.75, 3.05) is 17.4 Å². The predicted octanol–water partition coefficient (Wildman–Crippen LogP) is 4.33. The van der Waals surface area contributed by atoms with E-state index in [1.54, 1.807) is 59.5 Å². The van der Waals surface area contributed by atoms with Gasteiger partial charge in [0.2, 0.25) is 0 Å². The van der Waals surface area contributed by atoms with E-state index in [4.69, 9.17) is 4.74 Å². The molecule has 0 saturated carbocycles. The fraction of sp³-hybridized carbons (Fsp3) is 0.269. The summed E-state index contributed by atoms with van der Waals surface area (Å²) in [6, 6.07) is 24.6. The maximum atomic E-state index is 13.5. The topological polar surface area (TPSA) is 66.9 Å². The van der Waals surface area contributed by atoms with E-state index >= 15 is 0 Å². The number of nitrogens with zero attached hydrogens (tertiary/aromatic N) is 2. The fourth-order valence-electron chi connectivity index (χ4n) is 4.08. The molecule has 0 N–H and O–H groups in total. The Morgan fingerprint density at radius 2 is 1.42 bits per heavy atom. The molecule has 1 aliphatic heterocycles. The molecule has 1 amide bonds. The van der Waals surface area contributed by atoms with Crippen molar-refractivity contribution in [1.29, 1.82) is 0 Å². The Kier molecular flexibility index (Phi) is 6.81. The minimum atomic E-state index is -3.80. The van der Waals surface area contributed by atoms with Crippen molar-refractivity contribution < 1.29 is 17.9 Å². The third-order valence-corrected chi connectivity index (χ3v) is 7.40. The van der Waals surface area contributed by atoms with Crippen LogP contribution in [0.3, 0.4) is 0 Å². The lowest BCUT2D eigenvalue weighted by molar-refractivity contribution is -0.0586. The first kappa shape index (κ1) is 23.0. The summed E-state index contributed by atoms with van der Waals surface area (Å²) in [6.07, 6.45) is -0.0382. The number of carbonyl (C=O) groups excluding carboxylic acids is 1. The number of benzene rings is 3. The van der Waals surface area contributed by atoms with Crippen molar-refractivity contribution in [3.63, 3.8) is 0 Å². The van der Waals surface area contributed by atoms with Gasteiger partial charge in [0, 0.05) is 18.7 Å². The van der Waals surface area contributed by atoms with Crippen LogP contribution in [0.5, 0.6) is 0 Å². The largest absolute Gasteiger partial charge is 0.372 e. The molecule has 3 aromatic rings. The summed E-state index contributed by atoms with van der Waals surface area (Å²) >= 11 is 0. The minimum Gasteiger partial charge on any atom is -0.372 e. The zero-order valence-electron chi connectivity index (χ0n) is 18.8. The van der Waals surface area contributed by atoms with Gasteiger partial charge in [0.15, 0.2) is 0 Å². The van der Waals surface area contributed by atoms with Gasteiger partial charge in [-0.2, -0.15) is 0 Å².